The number of aromatic nitrogens is 1. The first-order valence-corrected chi connectivity index (χ1v) is 7.74. The SMILES string of the molecule is CC(=O)N1CCN(C(=O)c2[nH]c3ccc(Cl)cc3c2Cl)CC1. The topological polar surface area (TPSA) is 56.4 Å². The van der Waals surface area contributed by atoms with Crippen molar-refractivity contribution in [1.29, 1.82) is 0 Å². The van der Waals surface area contributed by atoms with Gasteiger partial charge in [0.05, 0.1) is 5.02 Å². The zero-order chi connectivity index (χ0) is 15.9. The first-order valence-electron chi connectivity index (χ1n) is 6.99. The number of halogens is 2. The van der Waals surface area contributed by atoms with Crippen molar-refractivity contribution in [2.75, 3.05) is 26.2 Å². The van der Waals surface area contributed by atoms with Gasteiger partial charge in [0.25, 0.3) is 5.91 Å². The molecule has 22 heavy (non-hydrogen) atoms. The molecule has 0 saturated carbocycles. The molecule has 0 spiro atoms. The van der Waals surface area contributed by atoms with Crippen LogP contribution in [0.2, 0.25) is 10.0 Å². The van der Waals surface area contributed by atoms with E-state index in [1.165, 1.54) is 6.92 Å². The highest BCUT2D eigenvalue weighted by molar-refractivity contribution is 6.39. The molecule has 0 atom stereocenters. The van der Waals surface area contributed by atoms with Gasteiger partial charge in [0.1, 0.15) is 5.69 Å². The highest BCUT2D eigenvalue weighted by Crippen LogP contribution is 2.30. The third-order valence-electron chi connectivity index (χ3n) is 3.92. The number of hydrogen-bond donors (Lipinski definition) is 1. The van der Waals surface area contributed by atoms with E-state index in [1.54, 1.807) is 28.0 Å². The lowest BCUT2D eigenvalue weighted by Gasteiger charge is -2.34. The highest BCUT2D eigenvalue weighted by atomic mass is 35.5. The summed E-state index contributed by atoms with van der Waals surface area (Å²) < 4.78 is 0. The van der Waals surface area contributed by atoms with Crippen LogP contribution in [0, 0.1) is 0 Å². The lowest BCUT2D eigenvalue weighted by molar-refractivity contribution is -0.130. The molecule has 7 heteroatoms. The molecule has 1 aromatic heterocycles. The Morgan fingerprint density at radius 2 is 1.73 bits per heavy atom. The van der Waals surface area contributed by atoms with Gasteiger partial charge in [-0.3, -0.25) is 9.59 Å². The van der Waals surface area contributed by atoms with Crippen LogP contribution in [0.1, 0.15) is 17.4 Å². The van der Waals surface area contributed by atoms with Crippen molar-refractivity contribution < 1.29 is 9.59 Å². The molecule has 1 saturated heterocycles. The molecule has 0 bridgehead atoms. The van der Waals surface area contributed by atoms with Crippen LogP contribution in [-0.2, 0) is 4.79 Å². The van der Waals surface area contributed by atoms with E-state index < -0.39 is 0 Å². The summed E-state index contributed by atoms with van der Waals surface area (Å²) >= 11 is 12.3. The van der Waals surface area contributed by atoms with Gasteiger partial charge in [-0.15, -0.1) is 0 Å². The van der Waals surface area contributed by atoms with Crippen molar-refractivity contribution in [3.63, 3.8) is 0 Å². The first-order chi connectivity index (χ1) is 10.5. The number of carbonyl (C=O) groups is 2. The van der Waals surface area contributed by atoms with Crippen LogP contribution in [0.15, 0.2) is 18.2 Å². The van der Waals surface area contributed by atoms with Crippen molar-refractivity contribution in [3.05, 3.63) is 33.9 Å². The van der Waals surface area contributed by atoms with Crippen LogP contribution in [0.3, 0.4) is 0 Å². The Balaban J connectivity index is 1.84. The Hall–Kier alpha value is -1.72. The number of nitrogens with one attached hydrogen (secondary N) is 1. The summed E-state index contributed by atoms with van der Waals surface area (Å²) in [5.74, 6) is -0.120. The van der Waals surface area contributed by atoms with Crippen LogP contribution in [0.5, 0.6) is 0 Å². The number of aromatic amines is 1. The number of nitrogens with zero attached hydrogens (tertiary/aromatic N) is 2. The second-order valence-corrected chi connectivity index (χ2v) is 6.12. The minimum Gasteiger partial charge on any atom is -0.349 e. The van der Waals surface area contributed by atoms with Crippen LogP contribution >= 0.6 is 23.2 Å². The number of carbonyl (C=O) groups excluding carboxylic acids is 2. The van der Waals surface area contributed by atoms with E-state index in [0.29, 0.717) is 41.9 Å². The number of hydrogen-bond acceptors (Lipinski definition) is 2. The Labute approximate surface area is 137 Å². The second-order valence-electron chi connectivity index (χ2n) is 5.30. The predicted molar refractivity (Wildman–Crippen MR) is 86.5 cm³/mol. The van der Waals surface area contributed by atoms with E-state index in [9.17, 15) is 9.59 Å². The van der Waals surface area contributed by atoms with E-state index in [2.05, 4.69) is 4.98 Å². The molecule has 2 amide bonds. The zero-order valence-corrected chi connectivity index (χ0v) is 13.5. The number of rotatable bonds is 1. The smallest absolute Gasteiger partial charge is 0.271 e. The summed E-state index contributed by atoms with van der Waals surface area (Å²) in [5, 5.41) is 1.69. The van der Waals surface area contributed by atoms with Crippen molar-refractivity contribution >= 4 is 45.9 Å². The highest BCUT2D eigenvalue weighted by Gasteiger charge is 2.26. The summed E-state index contributed by atoms with van der Waals surface area (Å²) in [7, 11) is 0. The summed E-state index contributed by atoms with van der Waals surface area (Å²) in [6.45, 7) is 3.64. The van der Waals surface area contributed by atoms with Crippen molar-refractivity contribution in [3.8, 4) is 0 Å². The number of fused-ring (bicyclic) bond motifs is 1. The Morgan fingerprint density at radius 3 is 2.36 bits per heavy atom. The molecule has 1 aliphatic heterocycles. The van der Waals surface area contributed by atoms with Gasteiger partial charge in [0, 0.05) is 49.0 Å². The number of amides is 2. The van der Waals surface area contributed by atoms with Gasteiger partial charge >= 0.3 is 0 Å². The van der Waals surface area contributed by atoms with Gasteiger partial charge in [0.2, 0.25) is 5.91 Å². The number of piperazine rings is 1. The van der Waals surface area contributed by atoms with Gasteiger partial charge in [-0.05, 0) is 18.2 Å². The molecule has 0 unspecified atom stereocenters. The molecule has 2 heterocycles. The number of H-pyrrole nitrogens is 1. The molecule has 1 N–H and O–H groups in total. The first kappa shape index (κ1) is 15.2. The van der Waals surface area contributed by atoms with E-state index in [0.717, 1.165) is 10.9 Å². The largest absolute Gasteiger partial charge is 0.349 e. The lowest BCUT2D eigenvalue weighted by Crippen LogP contribution is -2.50. The third kappa shape index (κ3) is 2.66. The fourth-order valence-electron chi connectivity index (χ4n) is 2.66. The number of benzene rings is 1. The van der Waals surface area contributed by atoms with E-state index in [1.807, 2.05) is 0 Å². The second kappa shape index (κ2) is 5.82. The normalized spacial score (nSPS) is 15.4. The summed E-state index contributed by atoms with van der Waals surface area (Å²) in [4.78, 5) is 30.5. The molecule has 116 valence electrons. The van der Waals surface area contributed by atoms with Crippen LogP contribution in [0.25, 0.3) is 10.9 Å². The van der Waals surface area contributed by atoms with Crippen LogP contribution < -0.4 is 0 Å². The zero-order valence-electron chi connectivity index (χ0n) is 12.0. The summed E-state index contributed by atoms with van der Waals surface area (Å²) in [6.07, 6.45) is 0. The maximum atomic E-state index is 12.6. The maximum Gasteiger partial charge on any atom is 0.271 e. The fourth-order valence-corrected chi connectivity index (χ4v) is 3.12. The third-order valence-corrected chi connectivity index (χ3v) is 4.55. The fraction of sp³-hybridized carbons (Fsp3) is 0.333. The average molecular weight is 340 g/mol. The van der Waals surface area contributed by atoms with Crippen LogP contribution in [-0.4, -0.2) is 52.8 Å². The summed E-state index contributed by atoms with van der Waals surface area (Å²) in [6, 6.07) is 5.28. The van der Waals surface area contributed by atoms with Gasteiger partial charge in [-0.2, -0.15) is 0 Å². The molecule has 0 radical (unpaired) electrons. The van der Waals surface area contributed by atoms with Crippen LogP contribution in [0.4, 0.5) is 0 Å². The van der Waals surface area contributed by atoms with Crippen molar-refractivity contribution in [2.24, 2.45) is 0 Å². The molecule has 1 fully saturated rings. The van der Waals surface area contributed by atoms with Crippen molar-refractivity contribution in [2.45, 2.75) is 6.92 Å². The Bertz CT molecular complexity index is 749. The maximum absolute atomic E-state index is 12.6. The van der Waals surface area contributed by atoms with E-state index in [-0.39, 0.29) is 11.8 Å². The monoisotopic (exact) mass is 339 g/mol. The van der Waals surface area contributed by atoms with Gasteiger partial charge in [0.15, 0.2) is 0 Å². The van der Waals surface area contributed by atoms with E-state index in [4.69, 9.17) is 23.2 Å². The van der Waals surface area contributed by atoms with Gasteiger partial charge in [-0.1, -0.05) is 23.2 Å². The predicted octanol–water partition coefficient (Wildman–Crippen LogP) is 2.78. The standard InChI is InChI=1S/C15H15Cl2N3O2/c1-9(21)19-4-6-20(7-5-19)15(22)14-13(17)11-8-10(16)2-3-12(11)18-14/h2-3,8,18H,4-7H2,1H3. The molecule has 1 aromatic carbocycles. The molecular formula is C15H15Cl2N3O2. The molecule has 2 aromatic rings. The van der Waals surface area contributed by atoms with Crippen molar-refractivity contribution in [1.82, 2.24) is 14.8 Å². The Morgan fingerprint density at radius 1 is 1.09 bits per heavy atom. The molecule has 0 aliphatic carbocycles. The van der Waals surface area contributed by atoms with E-state index >= 15 is 0 Å². The molecular weight excluding hydrogens is 325 g/mol. The van der Waals surface area contributed by atoms with Gasteiger partial charge in [-0.25, -0.2) is 0 Å². The average Bonchev–Trinajstić information content (AvgIpc) is 2.83. The minimum absolute atomic E-state index is 0.0328. The Kier molecular flexibility index (Phi) is 4.02. The quantitative estimate of drug-likeness (QED) is 0.868. The van der Waals surface area contributed by atoms with Gasteiger partial charge < -0.3 is 14.8 Å². The lowest BCUT2D eigenvalue weighted by atomic mass is 10.2. The molecule has 3 rings (SSSR count). The molecule has 1 aliphatic rings. The summed E-state index contributed by atoms with van der Waals surface area (Å²) in [5.41, 5.74) is 1.15. The molecule has 5 nitrogen and oxygen atoms in total. The minimum atomic E-state index is -0.152.